The van der Waals surface area contributed by atoms with Gasteiger partial charge in [-0.3, -0.25) is 4.79 Å². The number of hydrogen-bond acceptors (Lipinski definition) is 3. The maximum absolute atomic E-state index is 12.9. The number of ether oxygens (including phenoxy) is 2. The highest BCUT2D eigenvalue weighted by atomic mass is 16.5. The first-order valence-corrected chi connectivity index (χ1v) is 10.7. The highest BCUT2D eigenvalue weighted by Crippen LogP contribution is 2.27. The second kappa shape index (κ2) is 9.61. The smallest absolute Gasteiger partial charge is 0.278 e. The molecule has 0 aliphatic carbocycles. The molecule has 0 spiro atoms. The number of rotatable bonds is 6. The van der Waals surface area contributed by atoms with Gasteiger partial charge in [-0.1, -0.05) is 0 Å². The Bertz CT molecular complexity index is 648. The number of nitrogens with one attached hydrogen (secondary N) is 2. The number of nitrogens with zero attached hydrogens (tertiary/aromatic N) is 1. The molecule has 0 unspecified atom stereocenters. The molecule has 0 aromatic heterocycles. The third-order valence-electron chi connectivity index (χ3n) is 6.45. The second-order valence-electron chi connectivity index (χ2n) is 8.47. The highest BCUT2D eigenvalue weighted by molar-refractivity contribution is 5.77. The Morgan fingerprint density at radius 3 is 2.21 bits per heavy atom. The number of piperidine rings is 1. The fraction of sp³-hybridized carbons (Fsp3) is 0.682. The molecule has 0 bridgehead atoms. The summed E-state index contributed by atoms with van der Waals surface area (Å²) in [5.74, 6) is 1.91. The van der Waals surface area contributed by atoms with Gasteiger partial charge in [0.2, 0.25) is 0 Å². The van der Waals surface area contributed by atoms with Crippen molar-refractivity contribution in [1.29, 1.82) is 0 Å². The van der Waals surface area contributed by atoms with E-state index >= 15 is 0 Å². The monoisotopic (exact) mass is 391 g/mol. The van der Waals surface area contributed by atoms with Crippen molar-refractivity contribution >= 4 is 5.91 Å². The lowest BCUT2D eigenvalue weighted by atomic mass is 9.97. The predicted octanol–water partition coefficient (Wildman–Crippen LogP) is -0.223. The number of likely N-dealkylation sites (tertiary alicyclic amines) is 1. The lowest BCUT2D eigenvalue weighted by molar-refractivity contribution is -1.02. The zero-order valence-corrected chi connectivity index (χ0v) is 17.9. The molecule has 2 saturated heterocycles. The number of methoxy groups -OCH3 is 2. The van der Waals surface area contributed by atoms with Gasteiger partial charge in [-0.15, -0.1) is 0 Å². The average Bonchev–Trinajstić information content (AvgIpc) is 2.69. The first kappa shape index (κ1) is 20.9. The van der Waals surface area contributed by atoms with E-state index in [0.29, 0.717) is 24.5 Å². The van der Waals surface area contributed by atoms with Crippen molar-refractivity contribution in [1.82, 2.24) is 4.90 Å². The lowest BCUT2D eigenvalue weighted by Crippen LogP contribution is -3.28. The number of carbonyl (C=O) groups is 1. The number of hydrogen-bond donors (Lipinski definition) is 2. The van der Waals surface area contributed by atoms with Gasteiger partial charge in [0.15, 0.2) is 18.0 Å². The van der Waals surface area contributed by atoms with Crippen molar-refractivity contribution in [3.63, 3.8) is 0 Å². The van der Waals surface area contributed by atoms with Gasteiger partial charge < -0.3 is 24.2 Å². The number of benzene rings is 1. The summed E-state index contributed by atoms with van der Waals surface area (Å²) in [6.45, 7) is 10.4. The van der Waals surface area contributed by atoms with E-state index in [-0.39, 0.29) is 0 Å². The summed E-state index contributed by atoms with van der Waals surface area (Å²) in [6.07, 6.45) is 3.54. The summed E-state index contributed by atoms with van der Waals surface area (Å²) < 4.78 is 10.7. The van der Waals surface area contributed by atoms with Gasteiger partial charge in [0.1, 0.15) is 32.7 Å². The van der Waals surface area contributed by atoms with Gasteiger partial charge in [-0.05, 0) is 51.3 Å². The largest absolute Gasteiger partial charge is 0.493 e. The van der Waals surface area contributed by atoms with E-state index in [1.807, 2.05) is 6.07 Å². The van der Waals surface area contributed by atoms with Crippen molar-refractivity contribution in [2.75, 3.05) is 46.9 Å². The van der Waals surface area contributed by atoms with Crippen LogP contribution >= 0.6 is 0 Å². The zero-order valence-electron chi connectivity index (χ0n) is 17.9. The Morgan fingerprint density at radius 1 is 1.00 bits per heavy atom. The molecule has 1 aromatic rings. The minimum absolute atomic E-state index is 0.345. The van der Waals surface area contributed by atoms with E-state index in [1.54, 1.807) is 19.1 Å². The number of carbonyl (C=O) groups excluding carboxylic acids is 1. The predicted molar refractivity (Wildman–Crippen MR) is 109 cm³/mol. The van der Waals surface area contributed by atoms with Gasteiger partial charge in [0.25, 0.3) is 5.91 Å². The summed E-state index contributed by atoms with van der Waals surface area (Å²) in [7, 11) is 3.34. The van der Waals surface area contributed by atoms with E-state index in [4.69, 9.17) is 9.47 Å². The minimum atomic E-state index is 0.345. The number of amides is 1. The topological polar surface area (TPSA) is 47.7 Å². The average molecular weight is 392 g/mol. The summed E-state index contributed by atoms with van der Waals surface area (Å²) in [5, 5.41) is 0. The Labute approximate surface area is 169 Å². The van der Waals surface area contributed by atoms with E-state index in [0.717, 1.165) is 57.1 Å². The molecule has 6 heteroatoms. The normalized spacial score (nSPS) is 28.1. The summed E-state index contributed by atoms with van der Waals surface area (Å²) >= 11 is 0. The van der Waals surface area contributed by atoms with E-state index < -0.39 is 0 Å². The van der Waals surface area contributed by atoms with Crippen LogP contribution in [-0.4, -0.2) is 69.8 Å². The molecule has 2 heterocycles. The van der Waals surface area contributed by atoms with Crippen LogP contribution in [0.2, 0.25) is 0 Å². The van der Waals surface area contributed by atoms with Gasteiger partial charge in [-0.2, -0.15) is 0 Å². The molecule has 28 heavy (non-hydrogen) atoms. The van der Waals surface area contributed by atoms with Gasteiger partial charge in [0, 0.05) is 17.6 Å². The highest BCUT2D eigenvalue weighted by Gasteiger charge is 2.32. The molecule has 2 N–H and O–H groups in total. The molecule has 2 aliphatic heterocycles. The first-order chi connectivity index (χ1) is 13.5. The Hall–Kier alpha value is -1.79. The third-order valence-corrected chi connectivity index (χ3v) is 6.45. The van der Waals surface area contributed by atoms with E-state index in [1.165, 1.54) is 16.9 Å². The summed E-state index contributed by atoms with van der Waals surface area (Å²) in [6, 6.07) is 6.97. The molecule has 2 atom stereocenters. The van der Waals surface area contributed by atoms with Crippen LogP contribution in [0.4, 0.5) is 0 Å². The van der Waals surface area contributed by atoms with Crippen molar-refractivity contribution in [3.8, 4) is 11.5 Å². The lowest BCUT2D eigenvalue weighted by Gasteiger charge is -2.40. The van der Waals surface area contributed by atoms with Crippen LogP contribution in [0.5, 0.6) is 11.5 Å². The van der Waals surface area contributed by atoms with Crippen molar-refractivity contribution in [2.24, 2.45) is 0 Å². The van der Waals surface area contributed by atoms with Gasteiger partial charge in [-0.25, -0.2) is 0 Å². The maximum atomic E-state index is 12.9. The van der Waals surface area contributed by atoms with E-state index in [9.17, 15) is 4.79 Å². The van der Waals surface area contributed by atoms with Crippen LogP contribution in [0, 0.1) is 0 Å². The molecule has 2 aliphatic rings. The molecule has 0 radical (unpaired) electrons. The van der Waals surface area contributed by atoms with Crippen LogP contribution in [-0.2, 0) is 11.3 Å². The van der Waals surface area contributed by atoms with Crippen molar-refractivity contribution in [3.05, 3.63) is 23.8 Å². The zero-order chi connectivity index (χ0) is 20.1. The summed E-state index contributed by atoms with van der Waals surface area (Å²) in [5.41, 5.74) is 1.27. The van der Waals surface area contributed by atoms with E-state index in [2.05, 4.69) is 30.9 Å². The van der Waals surface area contributed by atoms with Crippen LogP contribution in [0.3, 0.4) is 0 Å². The molecule has 3 rings (SSSR count). The molecule has 1 amide bonds. The number of quaternary nitrogens is 2. The summed E-state index contributed by atoms with van der Waals surface area (Å²) in [4.78, 5) is 18.0. The molecule has 2 fully saturated rings. The van der Waals surface area contributed by atoms with Crippen molar-refractivity contribution < 1.29 is 24.1 Å². The van der Waals surface area contributed by atoms with Gasteiger partial charge in [0.05, 0.1) is 14.2 Å². The molecule has 1 aromatic carbocycles. The second-order valence-corrected chi connectivity index (χ2v) is 8.47. The fourth-order valence-electron chi connectivity index (χ4n) is 4.81. The minimum Gasteiger partial charge on any atom is -0.493 e. The SMILES string of the molecule is COc1ccc(C[NH+]2CC[NH+](CC(=O)N3[C@H](C)CCC[C@H]3C)CC2)cc1OC. The Morgan fingerprint density at radius 2 is 1.61 bits per heavy atom. The Kier molecular flexibility index (Phi) is 7.18. The standard InChI is InChI=1S/C22H35N3O3/c1-17-6-5-7-18(2)25(17)22(26)16-24-12-10-23(11-13-24)15-19-8-9-20(27-3)21(14-19)28-4/h8-9,14,17-18H,5-7,10-13,15-16H2,1-4H3/p+2/t17-,18-/m1/s1. The molecule has 0 saturated carbocycles. The van der Waals surface area contributed by atoms with Crippen LogP contribution in [0.15, 0.2) is 18.2 Å². The first-order valence-electron chi connectivity index (χ1n) is 10.7. The third kappa shape index (κ3) is 4.97. The maximum Gasteiger partial charge on any atom is 0.278 e. The molecular weight excluding hydrogens is 354 g/mol. The molecule has 6 nitrogen and oxygen atoms in total. The van der Waals surface area contributed by atoms with Crippen LogP contribution < -0.4 is 19.3 Å². The quantitative estimate of drug-likeness (QED) is 0.705. The van der Waals surface area contributed by atoms with Crippen LogP contribution in [0.1, 0.15) is 38.7 Å². The molecule has 156 valence electrons. The molecular formula is C22H37N3O3+2. The van der Waals surface area contributed by atoms with Crippen LogP contribution in [0.25, 0.3) is 0 Å². The van der Waals surface area contributed by atoms with Crippen molar-refractivity contribution in [2.45, 2.75) is 51.7 Å². The fourth-order valence-corrected chi connectivity index (χ4v) is 4.81. The number of piperazine rings is 1. The Balaban J connectivity index is 1.48. The van der Waals surface area contributed by atoms with Gasteiger partial charge >= 0.3 is 0 Å².